The highest BCUT2D eigenvalue weighted by Crippen LogP contribution is 2.29. The third kappa shape index (κ3) is 4.20. The molecule has 1 fully saturated rings. The van der Waals surface area contributed by atoms with Gasteiger partial charge in [0.15, 0.2) is 0 Å². The number of rotatable bonds is 6. The van der Waals surface area contributed by atoms with Crippen LogP contribution < -0.4 is 10.6 Å². The Morgan fingerprint density at radius 3 is 2.87 bits per heavy atom. The molecule has 1 saturated carbocycles. The third-order valence-electron chi connectivity index (χ3n) is 3.39. The van der Waals surface area contributed by atoms with Gasteiger partial charge in [0.1, 0.15) is 0 Å². The van der Waals surface area contributed by atoms with E-state index in [-0.39, 0.29) is 5.91 Å². The highest BCUT2D eigenvalue weighted by Gasteiger charge is 2.26. The summed E-state index contributed by atoms with van der Waals surface area (Å²) in [5.74, 6) is 0.894. The Balaban J connectivity index is 2.23. The van der Waals surface area contributed by atoms with Crippen LogP contribution in [-0.4, -0.2) is 25.5 Å². The molecule has 0 radical (unpaired) electrons. The first-order valence-electron chi connectivity index (χ1n) is 6.22. The number of unbranched alkanes of at least 4 members (excludes halogenated alkanes) is 1. The molecule has 0 saturated heterocycles. The van der Waals surface area contributed by atoms with Gasteiger partial charge < -0.3 is 10.6 Å². The fourth-order valence-electron chi connectivity index (χ4n) is 2.43. The molecule has 0 heterocycles. The number of hydrogen-bond acceptors (Lipinski definition) is 2. The molecule has 0 aromatic rings. The number of nitrogens with one attached hydrogen (secondary N) is 2. The molecular formula is C12H24N2O. The standard InChI is InChI=1S/C12H24N2O/c1-3-4-6-10-7-5-8-11(10)14-9-12(15)13-2/h10-11,14H,3-9H2,1-2H3,(H,13,15). The number of hydrogen-bond donors (Lipinski definition) is 2. The van der Waals surface area contributed by atoms with Crippen LogP contribution in [0.25, 0.3) is 0 Å². The molecular weight excluding hydrogens is 188 g/mol. The van der Waals surface area contributed by atoms with Crippen molar-refractivity contribution in [2.24, 2.45) is 5.92 Å². The fraction of sp³-hybridized carbons (Fsp3) is 0.917. The fourth-order valence-corrected chi connectivity index (χ4v) is 2.43. The summed E-state index contributed by atoms with van der Waals surface area (Å²) in [5.41, 5.74) is 0. The van der Waals surface area contributed by atoms with E-state index in [0.717, 1.165) is 5.92 Å². The first kappa shape index (κ1) is 12.5. The molecule has 0 aromatic carbocycles. The summed E-state index contributed by atoms with van der Waals surface area (Å²) in [6, 6.07) is 0.578. The lowest BCUT2D eigenvalue weighted by molar-refractivity contribution is -0.119. The molecule has 1 aliphatic rings. The van der Waals surface area contributed by atoms with E-state index in [2.05, 4.69) is 17.6 Å². The van der Waals surface area contributed by atoms with Gasteiger partial charge in [-0.15, -0.1) is 0 Å². The first-order chi connectivity index (χ1) is 7.27. The summed E-state index contributed by atoms with van der Waals surface area (Å²) in [7, 11) is 1.69. The highest BCUT2D eigenvalue weighted by atomic mass is 16.1. The first-order valence-corrected chi connectivity index (χ1v) is 6.22. The van der Waals surface area contributed by atoms with Crippen molar-refractivity contribution in [1.29, 1.82) is 0 Å². The Labute approximate surface area is 93.0 Å². The highest BCUT2D eigenvalue weighted by molar-refractivity contribution is 5.77. The van der Waals surface area contributed by atoms with Crippen LogP contribution in [0, 0.1) is 5.92 Å². The zero-order valence-electron chi connectivity index (χ0n) is 10.0. The van der Waals surface area contributed by atoms with E-state index in [1.807, 2.05) is 0 Å². The van der Waals surface area contributed by atoms with Crippen molar-refractivity contribution in [3.05, 3.63) is 0 Å². The van der Waals surface area contributed by atoms with Gasteiger partial charge in [0.05, 0.1) is 6.54 Å². The second-order valence-corrected chi connectivity index (χ2v) is 4.49. The van der Waals surface area contributed by atoms with E-state index >= 15 is 0 Å². The van der Waals surface area contributed by atoms with Gasteiger partial charge in [-0.2, -0.15) is 0 Å². The van der Waals surface area contributed by atoms with E-state index in [4.69, 9.17) is 0 Å². The average Bonchev–Trinajstić information content (AvgIpc) is 2.70. The average molecular weight is 212 g/mol. The zero-order valence-corrected chi connectivity index (χ0v) is 10.0. The van der Waals surface area contributed by atoms with E-state index in [1.165, 1.54) is 38.5 Å². The maximum absolute atomic E-state index is 11.1. The lowest BCUT2D eigenvalue weighted by Gasteiger charge is -2.20. The largest absolute Gasteiger partial charge is 0.358 e. The molecule has 0 bridgehead atoms. The van der Waals surface area contributed by atoms with Crippen LogP contribution in [0.2, 0.25) is 0 Å². The molecule has 2 N–H and O–H groups in total. The van der Waals surface area contributed by atoms with Gasteiger partial charge in [0, 0.05) is 13.1 Å². The van der Waals surface area contributed by atoms with Crippen LogP contribution in [0.5, 0.6) is 0 Å². The van der Waals surface area contributed by atoms with Crippen LogP contribution in [0.15, 0.2) is 0 Å². The Morgan fingerprint density at radius 1 is 1.40 bits per heavy atom. The van der Waals surface area contributed by atoms with Gasteiger partial charge in [-0.3, -0.25) is 4.79 Å². The molecule has 1 rings (SSSR count). The van der Waals surface area contributed by atoms with E-state index < -0.39 is 0 Å². The predicted molar refractivity (Wildman–Crippen MR) is 62.7 cm³/mol. The second-order valence-electron chi connectivity index (χ2n) is 4.49. The molecule has 1 aliphatic carbocycles. The molecule has 15 heavy (non-hydrogen) atoms. The number of carbonyl (C=O) groups excluding carboxylic acids is 1. The van der Waals surface area contributed by atoms with E-state index in [0.29, 0.717) is 12.6 Å². The summed E-state index contributed by atoms with van der Waals surface area (Å²) < 4.78 is 0. The molecule has 2 unspecified atom stereocenters. The van der Waals surface area contributed by atoms with Gasteiger partial charge in [-0.05, 0) is 25.2 Å². The summed E-state index contributed by atoms with van der Waals surface area (Å²) >= 11 is 0. The van der Waals surface area contributed by atoms with Crippen LogP contribution in [0.4, 0.5) is 0 Å². The van der Waals surface area contributed by atoms with Gasteiger partial charge in [-0.25, -0.2) is 0 Å². The summed E-state index contributed by atoms with van der Waals surface area (Å²) in [4.78, 5) is 11.1. The molecule has 0 aliphatic heterocycles. The van der Waals surface area contributed by atoms with Gasteiger partial charge in [0.2, 0.25) is 5.91 Å². The van der Waals surface area contributed by atoms with Crippen LogP contribution in [0.3, 0.4) is 0 Å². The zero-order chi connectivity index (χ0) is 11.1. The predicted octanol–water partition coefficient (Wildman–Crippen LogP) is 1.68. The minimum Gasteiger partial charge on any atom is -0.358 e. The van der Waals surface area contributed by atoms with Gasteiger partial charge in [-0.1, -0.05) is 26.2 Å². The Hall–Kier alpha value is -0.570. The number of likely N-dealkylation sites (N-methyl/N-ethyl adjacent to an activating group) is 1. The van der Waals surface area contributed by atoms with Crippen molar-refractivity contribution in [1.82, 2.24) is 10.6 Å². The van der Waals surface area contributed by atoms with Crippen molar-refractivity contribution in [3.63, 3.8) is 0 Å². The van der Waals surface area contributed by atoms with E-state index in [9.17, 15) is 4.79 Å². The lowest BCUT2D eigenvalue weighted by atomic mass is 9.97. The van der Waals surface area contributed by atoms with Crippen molar-refractivity contribution in [3.8, 4) is 0 Å². The monoisotopic (exact) mass is 212 g/mol. The topological polar surface area (TPSA) is 41.1 Å². The molecule has 1 amide bonds. The van der Waals surface area contributed by atoms with Crippen LogP contribution in [0.1, 0.15) is 45.4 Å². The van der Waals surface area contributed by atoms with Crippen LogP contribution >= 0.6 is 0 Å². The lowest BCUT2D eigenvalue weighted by Crippen LogP contribution is -2.39. The molecule has 88 valence electrons. The maximum atomic E-state index is 11.1. The van der Waals surface area contributed by atoms with Gasteiger partial charge >= 0.3 is 0 Å². The molecule has 3 nitrogen and oxygen atoms in total. The molecule has 0 spiro atoms. The van der Waals surface area contributed by atoms with Crippen molar-refractivity contribution in [2.45, 2.75) is 51.5 Å². The van der Waals surface area contributed by atoms with Crippen molar-refractivity contribution in [2.75, 3.05) is 13.6 Å². The minimum absolute atomic E-state index is 0.0936. The number of carbonyl (C=O) groups is 1. The Kier molecular flexibility index (Phi) is 5.69. The quantitative estimate of drug-likeness (QED) is 0.703. The molecule has 3 heteroatoms. The molecule has 2 atom stereocenters. The maximum Gasteiger partial charge on any atom is 0.233 e. The smallest absolute Gasteiger partial charge is 0.233 e. The minimum atomic E-state index is 0.0936. The Bertz CT molecular complexity index is 194. The summed E-state index contributed by atoms with van der Waals surface area (Å²) in [6.45, 7) is 2.71. The van der Waals surface area contributed by atoms with Gasteiger partial charge in [0.25, 0.3) is 0 Å². The third-order valence-corrected chi connectivity index (χ3v) is 3.39. The summed E-state index contributed by atoms with van der Waals surface area (Å²) in [5, 5.41) is 6.02. The van der Waals surface area contributed by atoms with Crippen LogP contribution in [-0.2, 0) is 4.79 Å². The van der Waals surface area contributed by atoms with Crippen molar-refractivity contribution < 1.29 is 4.79 Å². The van der Waals surface area contributed by atoms with E-state index in [1.54, 1.807) is 7.05 Å². The molecule has 0 aromatic heterocycles. The number of amides is 1. The second kappa shape index (κ2) is 6.83. The SMILES string of the molecule is CCCCC1CCCC1NCC(=O)NC. The normalized spacial score (nSPS) is 25.5. The Morgan fingerprint density at radius 2 is 2.20 bits per heavy atom. The summed E-state index contributed by atoms with van der Waals surface area (Å²) in [6.07, 6.45) is 7.82. The van der Waals surface area contributed by atoms with Crippen molar-refractivity contribution >= 4 is 5.91 Å².